The lowest BCUT2D eigenvalue weighted by Crippen LogP contribution is -2.34. The number of methoxy groups -OCH3 is 1. The second-order valence-corrected chi connectivity index (χ2v) is 7.17. The molecular formula is C22H22N2O6. The maximum Gasteiger partial charge on any atom is 0.337 e. The second-order valence-electron chi connectivity index (χ2n) is 7.17. The lowest BCUT2D eigenvalue weighted by molar-refractivity contribution is -0.126. The molecule has 0 radical (unpaired) electrons. The van der Waals surface area contributed by atoms with E-state index in [0.29, 0.717) is 42.3 Å². The standard InChI is InChI=1S/C22H22N2O6/c1-28-22(27)15-4-2-14(3-5-15)8-9-23-21(26)16-10-20(25)24(12-16)17-6-7-18-19(11-17)30-13-29-18/h2-7,11,16H,8-10,12-13H2,1H3,(H,23,26). The zero-order valence-corrected chi connectivity index (χ0v) is 16.6. The Balaban J connectivity index is 1.29. The highest BCUT2D eigenvalue weighted by Crippen LogP contribution is 2.37. The number of ether oxygens (including phenoxy) is 3. The van der Waals surface area contributed by atoms with Crippen molar-refractivity contribution in [2.24, 2.45) is 5.92 Å². The monoisotopic (exact) mass is 410 g/mol. The molecule has 0 aliphatic carbocycles. The minimum Gasteiger partial charge on any atom is -0.465 e. The van der Waals surface area contributed by atoms with Crippen LogP contribution in [0.3, 0.4) is 0 Å². The first-order valence-corrected chi connectivity index (χ1v) is 9.70. The van der Waals surface area contributed by atoms with Crippen LogP contribution in [0.15, 0.2) is 42.5 Å². The van der Waals surface area contributed by atoms with E-state index in [-0.39, 0.29) is 31.0 Å². The van der Waals surface area contributed by atoms with Crippen LogP contribution in [0.4, 0.5) is 5.69 Å². The van der Waals surface area contributed by atoms with Crippen LogP contribution in [0.5, 0.6) is 11.5 Å². The molecule has 2 aromatic carbocycles. The van der Waals surface area contributed by atoms with Crippen molar-refractivity contribution in [2.45, 2.75) is 12.8 Å². The van der Waals surface area contributed by atoms with E-state index in [9.17, 15) is 14.4 Å². The number of nitrogens with zero attached hydrogens (tertiary/aromatic N) is 1. The van der Waals surface area contributed by atoms with Crippen LogP contribution in [0.2, 0.25) is 0 Å². The van der Waals surface area contributed by atoms with Crippen molar-refractivity contribution in [3.63, 3.8) is 0 Å². The van der Waals surface area contributed by atoms with E-state index < -0.39 is 5.92 Å². The first-order valence-electron chi connectivity index (χ1n) is 9.70. The van der Waals surface area contributed by atoms with Gasteiger partial charge in [0.2, 0.25) is 18.6 Å². The van der Waals surface area contributed by atoms with Crippen LogP contribution in [0.25, 0.3) is 0 Å². The second kappa shape index (κ2) is 8.44. The molecule has 1 atom stereocenters. The van der Waals surface area contributed by atoms with Gasteiger partial charge in [0.05, 0.1) is 18.6 Å². The third kappa shape index (κ3) is 4.07. The SMILES string of the molecule is COC(=O)c1ccc(CCNC(=O)C2CC(=O)N(c3ccc4c(c3)OCO4)C2)cc1. The highest BCUT2D eigenvalue weighted by Gasteiger charge is 2.35. The van der Waals surface area contributed by atoms with E-state index in [1.807, 2.05) is 12.1 Å². The van der Waals surface area contributed by atoms with Crippen molar-refractivity contribution < 1.29 is 28.6 Å². The molecule has 1 fully saturated rings. The number of amides is 2. The molecule has 156 valence electrons. The van der Waals surface area contributed by atoms with Gasteiger partial charge in [-0.15, -0.1) is 0 Å². The summed E-state index contributed by atoms with van der Waals surface area (Å²) in [7, 11) is 1.34. The van der Waals surface area contributed by atoms with Gasteiger partial charge in [0, 0.05) is 31.3 Å². The van der Waals surface area contributed by atoms with Gasteiger partial charge in [-0.2, -0.15) is 0 Å². The van der Waals surface area contributed by atoms with Crippen molar-refractivity contribution in [3.8, 4) is 11.5 Å². The van der Waals surface area contributed by atoms with E-state index in [4.69, 9.17) is 9.47 Å². The Kier molecular flexibility index (Phi) is 5.56. The Hall–Kier alpha value is -3.55. The maximum atomic E-state index is 12.5. The van der Waals surface area contributed by atoms with Crippen molar-refractivity contribution in [3.05, 3.63) is 53.6 Å². The van der Waals surface area contributed by atoms with Crippen molar-refractivity contribution in [1.82, 2.24) is 5.32 Å². The Morgan fingerprint density at radius 3 is 2.67 bits per heavy atom. The molecule has 1 N–H and O–H groups in total. The largest absolute Gasteiger partial charge is 0.465 e. The van der Waals surface area contributed by atoms with Gasteiger partial charge in [-0.05, 0) is 36.2 Å². The van der Waals surface area contributed by atoms with E-state index in [1.54, 1.807) is 35.2 Å². The van der Waals surface area contributed by atoms with E-state index in [1.165, 1.54) is 7.11 Å². The average Bonchev–Trinajstić information content (AvgIpc) is 3.39. The number of hydrogen-bond donors (Lipinski definition) is 1. The van der Waals surface area contributed by atoms with Gasteiger partial charge in [0.1, 0.15) is 0 Å². The van der Waals surface area contributed by atoms with Gasteiger partial charge in [0.25, 0.3) is 0 Å². The number of carbonyl (C=O) groups is 3. The normalized spacial score (nSPS) is 17.2. The van der Waals surface area contributed by atoms with Crippen molar-refractivity contribution in [2.75, 3.05) is 31.9 Å². The van der Waals surface area contributed by atoms with E-state index in [2.05, 4.69) is 10.1 Å². The molecule has 0 bridgehead atoms. The molecular weight excluding hydrogens is 388 g/mol. The van der Waals surface area contributed by atoms with Gasteiger partial charge < -0.3 is 24.4 Å². The maximum absolute atomic E-state index is 12.5. The predicted molar refractivity (Wildman–Crippen MR) is 108 cm³/mol. The lowest BCUT2D eigenvalue weighted by Gasteiger charge is -2.17. The van der Waals surface area contributed by atoms with Crippen LogP contribution in [-0.2, 0) is 20.7 Å². The summed E-state index contributed by atoms with van der Waals surface area (Å²) in [5, 5.41) is 2.90. The van der Waals surface area contributed by atoms with Crippen LogP contribution < -0.4 is 19.7 Å². The van der Waals surface area contributed by atoms with Gasteiger partial charge in [0.15, 0.2) is 11.5 Å². The van der Waals surface area contributed by atoms with Crippen LogP contribution in [0, 0.1) is 5.92 Å². The molecule has 2 aromatic rings. The molecule has 8 heteroatoms. The number of nitrogens with one attached hydrogen (secondary N) is 1. The topological polar surface area (TPSA) is 94.2 Å². The van der Waals surface area contributed by atoms with Crippen LogP contribution >= 0.6 is 0 Å². The fraction of sp³-hybridized carbons (Fsp3) is 0.318. The number of carbonyl (C=O) groups excluding carboxylic acids is 3. The minimum atomic E-state index is -0.398. The fourth-order valence-electron chi connectivity index (χ4n) is 3.59. The number of fused-ring (bicyclic) bond motifs is 1. The summed E-state index contributed by atoms with van der Waals surface area (Å²) in [5.74, 6) is 0.244. The highest BCUT2D eigenvalue weighted by atomic mass is 16.7. The first kappa shape index (κ1) is 19.8. The molecule has 30 heavy (non-hydrogen) atoms. The number of esters is 1. The number of benzene rings is 2. The molecule has 2 aliphatic rings. The minimum absolute atomic E-state index is 0.0904. The predicted octanol–water partition coefficient (Wildman–Crippen LogP) is 1.91. The summed E-state index contributed by atoms with van der Waals surface area (Å²) >= 11 is 0. The third-order valence-corrected chi connectivity index (χ3v) is 5.25. The molecule has 1 unspecified atom stereocenters. The van der Waals surface area contributed by atoms with Crippen LogP contribution in [0.1, 0.15) is 22.3 Å². The summed E-state index contributed by atoms with van der Waals surface area (Å²) in [4.78, 5) is 38.0. The van der Waals surface area contributed by atoms with E-state index in [0.717, 1.165) is 5.56 Å². The Morgan fingerprint density at radius 1 is 1.13 bits per heavy atom. The zero-order valence-electron chi connectivity index (χ0n) is 16.6. The summed E-state index contributed by atoms with van der Waals surface area (Å²) in [6, 6.07) is 12.4. The number of hydrogen-bond acceptors (Lipinski definition) is 6. The van der Waals surface area contributed by atoms with Crippen molar-refractivity contribution >= 4 is 23.5 Å². The van der Waals surface area contributed by atoms with E-state index >= 15 is 0 Å². The number of rotatable bonds is 6. The first-order chi connectivity index (χ1) is 14.5. The summed E-state index contributed by atoms with van der Waals surface area (Å²) in [6.07, 6.45) is 0.799. The Bertz CT molecular complexity index is 972. The van der Waals surface area contributed by atoms with Crippen LogP contribution in [-0.4, -0.2) is 44.8 Å². The zero-order chi connectivity index (χ0) is 21.1. The molecule has 0 spiro atoms. The summed E-state index contributed by atoms with van der Waals surface area (Å²) in [5.41, 5.74) is 2.18. The molecule has 0 aromatic heterocycles. The Labute approximate surface area is 173 Å². The molecule has 4 rings (SSSR count). The van der Waals surface area contributed by atoms with Gasteiger partial charge in [-0.3, -0.25) is 9.59 Å². The fourth-order valence-corrected chi connectivity index (χ4v) is 3.59. The van der Waals surface area contributed by atoms with Gasteiger partial charge in [-0.25, -0.2) is 4.79 Å². The lowest BCUT2D eigenvalue weighted by atomic mass is 10.1. The van der Waals surface area contributed by atoms with Gasteiger partial charge in [-0.1, -0.05) is 12.1 Å². The van der Waals surface area contributed by atoms with Gasteiger partial charge >= 0.3 is 5.97 Å². The summed E-state index contributed by atoms with van der Waals surface area (Å²) < 4.78 is 15.3. The molecule has 8 nitrogen and oxygen atoms in total. The molecule has 2 aliphatic heterocycles. The molecule has 2 amide bonds. The number of anilines is 1. The molecule has 0 saturated carbocycles. The summed E-state index contributed by atoms with van der Waals surface area (Å²) in [6.45, 7) is 0.951. The quantitative estimate of drug-likeness (QED) is 0.732. The molecule has 2 heterocycles. The average molecular weight is 410 g/mol. The molecule has 1 saturated heterocycles. The third-order valence-electron chi connectivity index (χ3n) is 5.25. The smallest absolute Gasteiger partial charge is 0.337 e. The highest BCUT2D eigenvalue weighted by molar-refractivity contribution is 6.00. The van der Waals surface area contributed by atoms with Crippen molar-refractivity contribution in [1.29, 1.82) is 0 Å². The Morgan fingerprint density at radius 2 is 1.90 bits per heavy atom.